The fraction of sp³-hybridized carbons (Fsp3) is 0.0417. The molecule has 51 heavy (non-hydrogen) atoms. The van der Waals surface area contributed by atoms with Gasteiger partial charge in [0, 0.05) is 50.1 Å². The van der Waals surface area contributed by atoms with Crippen molar-refractivity contribution in [2.45, 2.75) is 12.0 Å². The molecule has 0 saturated carbocycles. The monoisotopic (exact) mass is 651 g/mol. The van der Waals surface area contributed by atoms with Crippen LogP contribution >= 0.6 is 0 Å². The SMILES string of the molecule is C1=C(n2c3ccccc3c3ccccc32)C=C(n2c3ccccc3c3ccccc32)CC1(c1ccccc1)n1c2ccccc2c2ccccc21. The minimum absolute atomic E-state index is 0.581. The van der Waals surface area contributed by atoms with Crippen LogP contribution in [0.25, 0.3) is 76.8 Å². The van der Waals surface area contributed by atoms with Gasteiger partial charge in [-0.3, -0.25) is 0 Å². The van der Waals surface area contributed by atoms with Crippen LogP contribution in [0.1, 0.15) is 12.0 Å². The fourth-order valence-electron chi connectivity index (χ4n) is 9.08. The summed E-state index contributed by atoms with van der Waals surface area (Å²) >= 11 is 0. The van der Waals surface area contributed by atoms with Gasteiger partial charge in [0.25, 0.3) is 0 Å². The summed E-state index contributed by atoms with van der Waals surface area (Å²) in [5.74, 6) is 0. The van der Waals surface area contributed by atoms with Gasteiger partial charge in [-0.15, -0.1) is 0 Å². The summed E-state index contributed by atoms with van der Waals surface area (Å²) in [6, 6.07) is 64.4. The van der Waals surface area contributed by atoms with E-state index in [1.54, 1.807) is 0 Å². The Morgan fingerprint density at radius 1 is 0.353 bits per heavy atom. The molecule has 11 rings (SSSR count). The second kappa shape index (κ2) is 10.7. The van der Waals surface area contributed by atoms with Gasteiger partial charge >= 0.3 is 0 Å². The summed E-state index contributed by atoms with van der Waals surface area (Å²) in [4.78, 5) is 0. The molecule has 10 aromatic rings. The van der Waals surface area contributed by atoms with Crippen LogP contribution in [0.4, 0.5) is 0 Å². The maximum absolute atomic E-state index is 2.63. The first-order valence-electron chi connectivity index (χ1n) is 17.7. The normalized spacial score (nSPS) is 16.5. The van der Waals surface area contributed by atoms with E-state index in [9.17, 15) is 0 Å². The van der Waals surface area contributed by atoms with E-state index in [1.165, 1.54) is 76.7 Å². The molecule has 7 aromatic carbocycles. The number of fused-ring (bicyclic) bond motifs is 9. The van der Waals surface area contributed by atoms with Crippen molar-refractivity contribution in [3.8, 4) is 0 Å². The number of rotatable bonds is 4. The van der Waals surface area contributed by atoms with Crippen molar-refractivity contribution in [2.75, 3.05) is 0 Å². The summed E-state index contributed by atoms with van der Waals surface area (Å²) in [5, 5.41) is 7.58. The van der Waals surface area contributed by atoms with Crippen molar-refractivity contribution in [3.05, 3.63) is 194 Å². The number of benzene rings is 7. The fourth-order valence-corrected chi connectivity index (χ4v) is 9.08. The quantitative estimate of drug-likeness (QED) is 0.180. The predicted octanol–water partition coefficient (Wildman–Crippen LogP) is 12.2. The zero-order chi connectivity index (χ0) is 33.5. The summed E-state index contributed by atoms with van der Waals surface area (Å²) in [6.07, 6.45) is 5.76. The Morgan fingerprint density at radius 3 is 1.16 bits per heavy atom. The summed E-state index contributed by atoms with van der Waals surface area (Å²) in [7, 11) is 0. The van der Waals surface area contributed by atoms with E-state index in [0.29, 0.717) is 0 Å². The summed E-state index contributed by atoms with van der Waals surface area (Å²) < 4.78 is 7.64. The Labute approximate surface area is 295 Å². The van der Waals surface area contributed by atoms with Gasteiger partial charge in [0.1, 0.15) is 0 Å². The van der Waals surface area contributed by atoms with Crippen LogP contribution in [-0.4, -0.2) is 13.7 Å². The zero-order valence-electron chi connectivity index (χ0n) is 27.9. The van der Waals surface area contributed by atoms with E-state index in [1.807, 2.05) is 0 Å². The standard InChI is InChI=1S/C48H33N3/c1-2-16-33(17-3-1)48(51-46-28-14-8-22-40(46)41-23-9-15-29-47(41)51)31-34(49-42-24-10-4-18-36(42)37-19-5-11-25-43(37)49)30-35(32-48)50-44-26-12-6-20-38(44)39-21-7-13-27-45(39)50/h1-31H,32H2. The van der Waals surface area contributed by atoms with Crippen LogP contribution in [0.5, 0.6) is 0 Å². The highest BCUT2D eigenvalue weighted by Crippen LogP contribution is 2.49. The molecule has 240 valence electrons. The molecule has 3 aromatic heterocycles. The van der Waals surface area contributed by atoms with Crippen LogP contribution in [0.2, 0.25) is 0 Å². The summed E-state index contributed by atoms with van der Waals surface area (Å²) in [6.45, 7) is 0. The first-order chi connectivity index (χ1) is 25.3. The minimum atomic E-state index is -0.581. The molecule has 1 aliphatic carbocycles. The van der Waals surface area contributed by atoms with Crippen molar-refractivity contribution >= 4 is 76.8 Å². The van der Waals surface area contributed by atoms with Crippen molar-refractivity contribution in [2.24, 2.45) is 0 Å². The van der Waals surface area contributed by atoms with Crippen LogP contribution in [0, 0.1) is 0 Å². The molecule has 0 spiro atoms. The van der Waals surface area contributed by atoms with Gasteiger partial charge < -0.3 is 13.7 Å². The first kappa shape index (κ1) is 28.3. The van der Waals surface area contributed by atoms with E-state index in [0.717, 1.165) is 12.1 Å². The highest BCUT2D eigenvalue weighted by molar-refractivity contribution is 6.13. The average Bonchev–Trinajstić information content (AvgIpc) is 3.84. The van der Waals surface area contributed by atoms with E-state index in [2.05, 4.69) is 202 Å². The Hall–Kier alpha value is -6.58. The Kier molecular flexibility index (Phi) is 5.94. The third kappa shape index (κ3) is 3.94. The average molecular weight is 652 g/mol. The van der Waals surface area contributed by atoms with E-state index < -0.39 is 5.54 Å². The molecule has 0 saturated heterocycles. The number of hydrogen-bond acceptors (Lipinski definition) is 0. The molecule has 0 bridgehead atoms. The number of allylic oxidation sites excluding steroid dienone is 4. The molecule has 3 heteroatoms. The molecule has 1 atom stereocenters. The van der Waals surface area contributed by atoms with Crippen LogP contribution in [-0.2, 0) is 5.54 Å². The summed E-state index contributed by atoms with van der Waals surface area (Å²) in [5.41, 5.74) is 10.4. The van der Waals surface area contributed by atoms with E-state index in [4.69, 9.17) is 0 Å². The van der Waals surface area contributed by atoms with Crippen LogP contribution in [0.3, 0.4) is 0 Å². The lowest BCUT2D eigenvalue weighted by Crippen LogP contribution is -2.36. The van der Waals surface area contributed by atoms with Crippen molar-refractivity contribution < 1.29 is 0 Å². The van der Waals surface area contributed by atoms with Gasteiger partial charge in [-0.05, 0) is 54.1 Å². The Balaban J connectivity index is 1.34. The van der Waals surface area contributed by atoms with Gasteiger partial charge in [-0.1, -0.05) is 140 Å². The molecule has 0 N–H and O–H groups in total. The van der Waals surface area contributed by atoms with Gasteiger partial charge in [-0.2, -0.15) is 0 Å². The lowest BCUT2D eigenvalue weighted by molar-refractivity contribution is 0.479. The largest absolute Gasteiger partial charge is 0.326 e. The molecule has 1 unspecified atom stereocenters. The van der Waals surface area contributed by atoms with Gasteiger partial charge in [-0.25, -0.2) is 0 Å². The molecule has 0 aliphatic heterocycles. The van der Waals surface area contributed by atoms with Crippen molar-refractivity contribution in [1.82, 2.24) is 13.7 Å². The molecule has 0 radical (unpaired) electrons. The second-order valence-electron chi connectivity index (χ2n) is 13.8. The van der Waals surface area contributed by atoms with E-state index >= 15 is 0 Å². The number of hydrogen-bond donors (Lipinski definition) is 0. The molecule has 3 heterocycles. The lowest BCUT2D eigenvalue weighted by Gasteiger charge is -2.39. The Morgan fingerprint density at radius 2 is 0.706 bits per heavy atom. The minimum Gasteiger partial charge on any atom is -0.326 e. The van der Waals surface area contributed by atoms with Crippen LogP contribution < -0.4 is 0 Å². The molecular formula is C48H33N3. The van der Waals surface area contributed by atoms with Crippen molar-refractivity contribution in [3.63, 3.8) is 0 Å². The predicted molar refractivity (Wildman–Crippen MR) is 215 cm³/mol. The highest BCUT2D eigenvalue weighted by atomic mass is 15.1. The van der Waals surface area contributed by atoms with E-state index in [-0.39, 0.29) is 0 Å². The first-order valence-corrected chi connectivity index (χ1v) is 17.7. The molecule has 0 amide bonds. The number of para-hydroxylation sites is 6. The number of aromatic nitrogens is 3. The molecule has 3 nitrogen and oxygen atoms in total. The lowest BCUT2D eigenvalue weighted by atomic mass is 9.80. The van der Waals surface area contributed by atoms with Gasteiger partial charge in [0.15, 0.2) is 0 Å². The topological polar surface area (TPSA) is 14.8 Å². The Bertz CT molecular complexity index is 2900. The maximum Gasteiger partial charge on any atom is 0.0964 e. The molecule has 0 fully saturated rings. The third-order valence-electron chi connectivity index (χ3n) is 11.1. The van der Waals surface area contributed by atoms with Crippen molar-refractivity contribution in [1.29, 1.82) is 0 Å². The van der Waals surface area contributed by atoms with Gasteiger partial charge in [0.2, 0.25) is 0 Å². The maximum atomic E-state index is 2.63. The zero-order valence-corrected chi connectivity index (χ0v) is 27.9. The van der Waals surface area contributed by atoms with Crippen LogP contribution in [0.15, 0.2) is 188 Å². The second-order valence-corrected chi connectivity index (χ2v) is 13.8. The molecular weight excluding hydrogens is 619 g/mol. The molecule has 1 aliphatic rings. The smallest absolute Gasteiger partial charge is 0.0964 e. The highest BCUT2D eigenvalue weighted by Gasteiger charge is 2.40. The van der Waals surface area contributed by atoms with Gasteiger partial charge in [0.05, 0.1) is 38.6 Å². The third-order valence-corrected chi connectivity index (χ3v) is 11.1. The number of nitrogens with zero attached hydrogens (tertiary/aromatic N) is 3.